The maximum atomic E-state index is 5.78. The molecule has 0 aromatic heterocycles. The lowest BCUT2D eigenvalue weighted by Crippen LogP contribution is -2.58. The second-order valence-corrected chi connectivity index (χ2v) is 2.66. The maximum Gasteiger partial charge on any atom is 0.127 e. The highest BCUT2D eigenvalue weighted by Gasteiger charge is 2.32. The number of hydrogen-bond acceptors (Lipinski definition) is 4. The second-order valence-electron chi connectivity index (χ2n) is 2.66. The second kappa shape index (κ2) is 4.69. The van der Waals surface area contributed by atoms with Crippen LogP contribution in [0.1, 0.15) is 20.3 Å². The van der Waals surface area contributed by atoms with Crippen LogP contribution in [0.15, 0.2) is 11.9 Å². The first-order valence-electron chi connectivity index (χ1n) is 3.99. The standard InChI is InChI=1S/C7H16N4.BrH/c1-3-7(9-4-2)6(8)5-10-11-7;/h5,9-11H,3-4,8H2,1-2H3;1H. The summed E-state index contributed by atoms with van der Waals surface area (Å²) in [7, 11) is 0. The van der Waals surface area contributed by atoms with Crippen molar-refractivity contribution in [3.8, 4) is 0 Å². The molecule has 4 nitrogen and oxygen atoms in total. The van der Waals surface area contributed by atoms with Crippen LogP contribution in [-0.2, 0) is 0 Å². The van der Waals surface area contributed by atoms with E-state index in [1.54, 1.807) is 6.20 Å². The fourth-order valence-electron chi connectivity index (χ4n) is 1.30. The van der Waals surface area contributed by atoms with Crippen molar-refractivity contribution in [3.05, 3.63) is 11.9 Å². The Labute approximate surface area is 83.7 Å². The Kier molecular flexibility index (Phi) is 4.59. The molecular formula is C7H17BrN4. The van der Waals surface area contributed by atoms with E-state index in [-0.39, 0.29) is 22.6 Å². The average molecular weight is 237 g/mol. The SMILES string of the molecule is Br.CCNC1(CC)NNC=C1N. The summed E-state index contributed by atoms with van der Waals surface area (Å²) in [5.74, 6) is 0. The van der Waals surface area contributed by atoms with Gasteiger partial charge >= 0.3 is 0 Å². The van der Waals surface area contributed by atoms with Gasteiger partial charge in [0.05, 0.1) is 5.70 Å². The van der Waals surface area contributed by atoms with E-state index in [1.165, 1.54) is 0 Å². The molecule has 0 amide bonds. The molecule has 5 heteroatoms. The van der Waals surface area contributed by atoms with E-state index in [4.69, 9.17) is 5.73 Å². The Balaban J connectivity index is 0.00000121. The topological polar surface area (TPSA) is 62.1 Å². The first kappa shape index (κ1) is 11.7. The molecule has 72 valence electrons. The summed E-state index contributed by atoms with van der Waals surface area (Å²) in [6, 6.07) is 0. The molecule has 1 aliphatic rings. The minimum Gasteiger partial charge on any atom is -0.398 e. The van der Waals surface area contributed by atoms with E-state index in [2.05, 4.69) is 30.0 Å². The van der Waals surface area contributed by atoms with Gasteiger partial charge in [-0.2, -0.15) is 0 Å². The van der Waals surface area contributed by atoms with Gasteiger partial charge in [-0.25, -0.2) is 5.43 Å². The van der Waals surface area contributed by atoms with Gasteiger partial charge < -0.3 is 11.2 Å². The number of halogens is 1. The third-order valence-electron chi connectivity index (χ3n) is 2.01. The Bertz CT molecular complexity index is 171. The fourth-order valence-corrected chi connectivity index (χ4v) is 1.30. The van der Waals surface area contributed by atoms with Gasteiger partial charge in [-0.15, -0.1) is 17.0 Å². The largest absolute Gasteiger partial charge is 0.398 e. The molecule has 0 aromatic rings. The molecule has 0 aromatic carbocycles. The zero-order valence-electron chi connectivity index (χ0n) is 7.48. The zero-order chi connectivity index (χ0) is 8.32. The van der Waals surface area contributed by atoms with Gasteiger partial charge in [0.1, 0.15) is 5.66 Å². The number of hydrazine groups is 1. The van der Waals surface area contributed by atoms with Crippen LogP contribution >= 0.6 is 17.0 Å². The van der Waals surface area contributed by atoms with Crippen molar-refractivity contribution in [1.82, 2.24) is 16.2 Å². The number of likely N-dealkylation sites (N-methyl/N-ethyl adjacent to an activating group) is 1. The lowest BCUT2D eigenvalue weighted by Gasteiger charge is -2.29. The summed E-state index contributed by atoms with van der Waals surface area (Å²) in [5, 5.41) is 3.29. The lowest BCUT2D eigenvalue weighted by molar-refractivity contribution is 0.303. The summed E-state index contributed by atoms with van der Waals surface area (Å²) >= 11 is 0. The third-order valence-corrected chi connectivity index (χ3v) is 2.01. The van der Waals surface area contributed by atoms with Crippen molar-refractivity contribution < 1.29 is 0 Å². The van der Waals surface area contributed by atoms with Crippen LogP contribution in [0.5, 0.6) is 0 Å². The van der Waals surface area contributed by atoms with Gasteiger partial charge in [0.25, 0.3) is 0 Å². The minimum absolute atomic E-state index is 0. The van der Waals surface area contributed by atoms with Gasteiger partial charge in [-0.05, 0) is 13.0 Å². The molecule has 0 spiro atoms. The zero-order valence-corrected chi connectivity index (χ0v) is 9.19. The smallest absolute Gasteiger partial charge is 0.127 e. The highest BCUT2D eigenvalue weighted by Crippen LogP contribution is 2.15. The molecule has 1 aliphatic heterocycles. The molecule has 0 bridgehead atoms. The number of rotatable bonds is 3. The third kappa shape index (κ3) is 1.91. The highest BCUT2D eigenvalue weighted by atomic mass is 79.9. The molecule has 12 heavy (non-hydrogen) atoms. The number of hydrogen-bond donors (Lipinski definition) is 4. The molecule has 5 N–H and O–H groups in total. The van der Waals surface area contributed by atoms with Crippen LogP contribution in [-0.4, -0.2) is 12.2 Å². The van der Waals surface area contributed by atoms with Crippen molar-refractivity contribution in [3.63, 3.8) is 0 Å². The molecule has 0 aliphatic carbocycles. The molecular weight excluding hydrogens is 220 g/mol. The maximum absolute atomic E-state index is 5.78. The monoisotopic (exact) mass is 236 g/mol. The van der Waals surface area contributed by atoms with Crippen LogP contribution in [0, 0.1) is 0 Å². The Morgan fingerprint density at radius 2 is 2.25 bits per heavy atom. The first-order valence-corrected chi connectivity index (χ1v) is 3.99. The van der Waals surface area contributed by atoms with Crippen molar-refractivity contribution in [2.75, 3.05) is 6.54 Å². The summed E-state index contributed by atoms with van der Waals surface area (Å²) in [6.45, 7) is 5.05. The van der Waals surface area contributed by atoms with E-state index >= 15 is 0 Å². The van der Waals surface area contributed by atoms with Crippen molar-refractivity contribution in [2.24, 2.45) is 5.73 Å². The molecule has 1 rings (SSSR count). The van der Waals surface area contributed by atoms with E-state index in [1.807, 2.05) is 0 Å². The molecule has 0 saturated heterocycles. The van der Waals surface area contributed by atoms with Gasteiger partial charge in [-0.3, -0.25) is 5.32 Å². The molecule has 0 fully saturated rings. The normalized spacial score (nSPS) is 27.3. The van der Waals surface area contributed by atoms with Gasteiger partial charge in [-0.1, -0.05) is 13.8 Å². The molecule has 1 heterocycles. The molecule has 0 radical (unpaired) electrons. The predicted molar refractivity (Wildman–Crippen MR) is 55.6 cm³/mol. The van der Waals surface area contributed by atoms with Crippen molar-refractivity contribution in [1.29, 1.82) is 0 Å². The van der Waals surface area contributed by atoms with E-state index in [9.17, 15) is 0 Å². The molecule has 1 unspecified atom stereocenters. The van der Waals surface area contributed by atoms with E-state index < -0.39 is 0 Å². The average Bonchev–Trinajstić information content (AvgIpc) is 2.35. The van der Waals surface area contributed by atoms with Gasteiger partial charge in [0.15, 0.2) is 0 Å². The van der Waals surface area contributed by atoms with Crippen LogP contribution in [0.4, 0.5) is 0 Å². The van der Waals surface area contributed by atoms with Crippen molar-refractivity contribution in [2.45, 2.75) is 25.9 Å². The van der Waals surface area contributed by atoms with Crippen LogP contribution in [0.2, 0.25) is 0 Å². The summed E-state index contributed by atoms with van der Waals surface area (Å²) in [5.41, 5.74) is 12.4. The van der Waals surface area contributed by atoms with E-state index in [0.717, 1.165) is 18.7 Å². The molecule has 1 atom stereocenters. The fraction of sp³-hybridized carbons (Fsp3) is 0.714. The molecule has 0 saturated carbocycles. The van der Waals surface area contributed by atoms with Gasteiger partial charge in [0, 0.05) is 6.20 Å². The Hall–Kier alpha value is -0.260. The number of nitrogens with two attached hydrogens (primary N) is 1. The van der Waals surface area contributed by atoms with Crippen LogP contribution in [0.25, 0.3) is 0 Å². The minimum atomic E-state index is -0.227. The summed E-state index contributed by atoms with van der Waals surface area (Å²) in [6.07, 6.45) is 2.71. The highest BCUT2D eigenvalue weighted by molar-refractivity contribution is 8.93. The Morgan fingerprint density at radius 1 is 1.58 bits per heavy atom. The predicted octanol–water partition coefficient (Wildman–Crippen LogP) is 0.188. The Morgan fingerprint density at radius 3 is 2.58 bits per heavy atom. The quantitative estimate of drug-likeness (QED) is 0.566. The first-order chi connectivity index (χ1) is 5.25. The van der Waals surface area contributed by atoms with Crippen LogP contribution < -0.4 is 21.9 Å². The van der Waals surface area contributed by atoms with Crippen LogP contribution in [0.3, 0.4) is 0 Å². The summed E-state index contributed by atoms with van der Waals surface area (Å²) < 4.78 is 0. The van der Waals surface area contributed by atoms with Gasteiger partial charge in [0.2, 0.25) is 0 Å². The van der Waals surface area contributed by atoms with Crippen molar-refractivity contribution >= 4 is 17.0 Å². The lowest BCUT2D eigenvalue weighted by atomic mass is 10.1. The summed E-state index contributed by atoms with van der Waals surface area (Å²) in [4.78, 5) is 0. The number of nitrogens with one attached hydrogen (secondary N) is 3. The van der Waals surface area contributed by atoms with E-state index in [0.29, 0.717) is 0 Å².